The lowest BCUT2D eigenvalue weighted by atomic mass is 9.77. The Labute approximate surface area is 175 Å². The lowest BCUT2D eigenvalue weighted by Gasteiger charge is -2.41. The van der Waals surface area contributed by atoms with Crippen molar-refractivity contribution >= 4 is 5.97 Å². The highest BCUT2D eigenvalue weighted by Gasteiger charge is 2.59. The van der Waals surface area contributed by atoms with Gasteiger partial charge in [-0.1, -0.05) is 26.0 Å². The zero-order valence-electron chi connectivity index (χ0n) is 17.2. The molecule has 9 heteroatoms. The number of carbonyl (C=O) groups excluding carboxylic acids is 1. The number of aliphatic hydroxyl groups excluding tert-OH is 5. The molecule has 0 unspecified atom stereocenters. The molecular weight excluding hydrogens is 396 g/mol. The van der Waals surface area contributed by atoms with E-state index in [2.05, 4.69) is 6.58 Å². The number of hydrogen-bond acceptors (Lipinski definition) is 9. The van der Waals surface area contributed by atoms with Gasteiger partial charge in [0.25, 0.3) is 0 Å². The van der Waals surface area contributed by atoms with Gasteiger partial charge in [0, 0.05) is 11.8 Å². The Hall–Kier alpha value is -1.07. The number of aliphatic hydroxyl groups is 5. The molecule has 170 valence electrons. The van der Waals surface area contributed by atoms with Crippen molar-refractivity contribution in [2.24, 2.45) is 29.6 Å². The van der Waals surface area contributed by atoms with Gasteiger partial charge in [-0.05, 0) is 24.7 Å². The quantitative estimate of drug-likeness (QED) is 0.280. The molecule has 4 aliphatic rings. The number of carbonyl (C=O) groups is 1. The fourth-order valence-electron chi connectivity index (χ4n) is 5.94. The fourth-order valence-corrected chi connectivity index (χ4v) is 5.94. The van der Waals surface area contributed by atoms with Crippen LogP contribution in [0.1, 0.15) is 26.7 Å². The van der Waals surface area contributed by atoms with Crippen LogP contribution in [-0.2, 0) is 19.0 Å². The number of fused-ring (bicyclic) bond motifs is 3. The van der Waals surface area contributed by atoms with Crippen LogP contribution >= 0.6 is 0 Å². The third kappa shape index (κ3) is 3.40. The molecule has 0 aromatic rings. The second-order valence-electron chi connectivity index (χ2n) is 9.35. The smallest absolute Gasteiger partial charge is 0.309 e. The molecule has 13 atom stereocenters. The molecule has 2 aliphatic carbocycles. The van der Waals surface area contributed by atoms with Gasteiger partial charge >= 0.3 is 5.97 Å². The Kier molecular flexibility index (Phi) is 6.00. The van der Waals surface area contributed by atoms with Crippen LogP contribution in [0.2, 0.25) is 0 Å². The molecule has 4 rings (SSSR count). The zero-order chi connectivity index (χ0) is 21.9. The van der Waals surface area contributed by atoms with E-state index in [9.17, 15) is 30.3 Å². The highest BCUT2D eigenvalue weighted by molar-refractivity contribution is 5.75. The van der Waals surface area contributed by atoms with Crippen molar-refractivity contribution in [1.82, 2.24) is 0 Å². The van der Waals surface area contributed by atoms with Gasteiger partial charge in [0.2, 0.25) is 0 Å². The van der Waals surface area contributed by atoms with Crippen LogP contribution in [0.4, 0.5) is 0 Å². The molecule has 0 radical (unpaired) electrons. The van der Waals surface area contributed by atoms with Gasteiger partial charge in [0.15, 0.2) is 6.29 Å². The minimum absolute atomic E-state index is 0.0300. The number of ether oxygens (including phenoxy) is 3. The normalized spacial score (nSPS) is 53.8. The van der Waals surface area contributed by atoms with E-state index in [0.29, 0.717) is 12.8 Å². The maximum absolute atomic E-state index is 12.2. The standard InChI is InChI=1S/C21H32O9/c1-7-4-11(23)15-9(3)20(27)30-19(15)14-8(2)12(5-10(7)14)28-21-18(26)17(25)16(24)13(6-22)29-21/h8-19,21-26H,1,4-6H2,2-3H3/t8-,9-,10+,11+,12+,13-,14+,15-,16+,17-,18-,19-,21-/m1/s1. The van der Waals surface area contributed by atoms with E-state index >= 15 is 0 Å². The molecule has 9 nitrogen and oxygen atoms in total. The Bertz CT molecular complexity index is 681. The second kappa shape index (κ2) is 8.12. The van der Waals surface area contributed by atoms with E-state index in [-0.39, 0.29) is 35.7 Å². The molecule has 0 bridgehead atoms. The van der Waals surface area contributed by atoms with Crippen LogP contribution in [0.5, 0.6) is 0 Å². The number of hydrogen-bond donors (Lipinski definition) is 5. The van der Waals surface area contributed by atoms with Crippen molar-refractivity contribution in [2.75, 3.05) is 6.61 Å². The van der Waals surface area contributed by atoms with Crippen molar-refractivity contribution in [3.05, 3.63) is 12.2 Å². The van der Waals surface area contributed by atoms with Crippen LogP contribution < -0.4 is 0 Å². The second-order valence-corrected chi connectivity index (χ2v) is 9.35. The van der Waals surface area contributed by atoms with Crippen molar-refractivity contribution in [3.8, 4) is 0 Å². The first-order valence-electron chi connectivity index (χ1n) is 10.7. The summed E-state index contributed by atoms with van der Waals surface area (Å²) in [5.74, 6) is -1.23. The highest BCUT2D eigenvalue weighted by Crippen LogP contribution is 2.53. The van der Waals surface area contributed by atoms with Crippen LogP contribution in [0, 0.1) is 29.6 Å². The molecule has 2 aliphatic heterocycles. The van der Waals surface area contributed by atoms with Gasteiger partial charge in [0.05, 0.1) is 24.7 Å². The summed E-state index contributed by atoms with van der Waals surface area (Å²) in [4.78, 5) is 12.2. The van der Waals surface area contributed by atoms with Gasteiger partial charge in [-0.25, -0.2) is 0 Å². The third-order valence-corrected chi connectivity index (χ3v) is 7.70. The van der Waals surface area contributed by atoms with Crippen LogP contribution in [0.15, 0.2) is 12.2 Å². The van der Waals surface area contributed by atoms with Gasteiger partial charge in [0.1, 0.15) is 30.5 Å². The molecule has 5 N–H and O–H groups in total. The van der Waals surface area contributed by atoms with Crippen LogP contribution in [-0.4, -0.2) is 87.1 Å². The lowest BCUT2D eigenvalue weighted by Crippen LogP contribution is -2.59. The summed E-state index contributed by atoms with van der Waals surface area (Å²) >= 11 is 0. The van der Waals surface area contributed by atoms with Gasteiger partial charge in [-0.3, -0.25) is 4.79 Å². The molecular formula is C21H32O9. The first-order chi connectivity index (χ1) is 14.1. The largest absolute Gasteiger partial charge is 0.461 e. The predicted octanol–water partition coefficient (Wildman–Crippen LogP) is -1.06. The van der Waals surface area contributed by atoms with Crippen molar-refractivity contribution in [2.45, 2.75) is 75.7 Å². The summed E-state index contributed by atoms with van der Waals surface area (Å²) in [7, 11) is 0. The Morgan fingerprint density at radius 3 is 2.47 bits per heavy atom. The van der Waals surface area contributed by atoms with E-state index in [4.69, 9.17) is 14.2 Å². The molecule has 0 spiro atoms. The molecule has 0 aromatic carbocycles. The Balaban J connectivity index is 1.54. The minimum atomic E-state index is -1.51. The number of rotatable bonds is 3. The first-order valence-corrected chi connectivity index (χ1v) is 10.7. The summed E-state index contributed by atoms with van der Waals surface area (Å²) < 4.78 is 17.2. The van der Waals surface area contributed by atoms with E-state index in [1.807, 2.05) is 6.92 Å². The monoisotopic (exact) mass is 428 g/mol. The molecule has 2 saturated carbocycles. The molecule has 30 heavy (non-hydrogen) atoms. The fraction of sp³-hybridized carbons (Fsp3) is 0.857. The molecule has 0 aromatic heterocycles. The maximum Gasteiger partial charge on any atom is 0.309 e. The summed E-state index contributed by atoms with van der Waals surface area (Å²) in [6.07, 6.45) is -7.25. The lowest BCUT2D eigenvalue weighted by molar-refractivity contribution is -0.313. The van der Waals surface area contributed by atoms with Crippen molar-refractivity contribution in [3.63, 3.8) is 0 Å². The van der Waals surface area contributed by atoms with E-state index < -0.39 is 55.4 Å². The molecule has 0 amide bonds. The summed E-state index contributed by atoms with van der Waals surface area (Å²) in [5, 5.41) is 50.4. The first kappa shape index (κ1) is 22.1. The molecule has 2 saturated heterocycles. The molecule has 2 heterocycles. The maximum atomic E-state index is 12.2. The summed E-state index contributed by atoms with van der Waals surface area (Å²) in [6.45, 7) is 7.40. The number of esters is 1. The summed E-state index contributed by atoms with van der Waals surface area (Å²) in [6, 6.07) is 0. The van der Waals surface area contributed by atoms with E-state index in [1.54, 1.807) is 6.92 Å². The predicted molar refractivity (Wildman–Crippen MR) is 102 cm³/mol. The van der Waals surface area contributed by atoms with Gasteiger partial charge in [-0.15, -0.1) is 0 Å². The van der Waals surface area contributed by atoms with Crippen LogP contribution in [0.25, 0.3) is 0 Å². The van der Waals surface area contributed by atoms with Gasteiger partial charge < -0.3 is 39.7 Å². The third-order valence-electron chi connectivity index (χ3n) is 7.70. The topological polar surface area (TPSA) is 146 Å². The highest BCUT2D eigenvalue weighted by atomic mass is 16.7. The average Bonchev–Trinajstić information content (AvgIpc) is 3.15. The van der Waals surface area contributed by atoms with E-state index in [1.165, 1.54) is 0 Å². The van der Waals surface area contributed by atoms with E-state index in [0.717, 1.165) is 5.57 Å². The minimum Gasteiger partial charge on any atom is -0.461 e. The zero-order valence-corrected chi connectivity index (χ0v) is 17.2. The van der Waals surface area contributed by atoms with Crippen LogP contribution in [0.3, 0.4) is 0 Å². The SMILES string of the molecule is C=C1C[C@H](O)[C@@H]2[C@H](OC(=O)[C@@H]2C)[C@H]2[C@H](C)[C@@H](O[C@@H]3O[C@H](CO)[C@H](O)[C@@H](O)[C@H]3O)C[C@@H]12. The molecule has 4 fully saturated rings. The van der Waals surface area contributed by atoms with Gasteiger partial charge in [-0.2, -0.15) is 0 Å². The van der Waals surface area contributed by atoms with Crippen molar-refractivity contribution in [1.29, 1.82) is 0 Å². The Morgan fingerprint density at radius 2 is 1.80 bits per heavy atom. The Morgan fingerprint density at radius 1 is 1.10 bits per heavy atom. The summed E-state index contributed by atoms with van der Waals surface area (Å²) in [5.41, 5.74) is 0.886. The van der Waals surface area contributed by atoms with Crippen molar-refractivity contribution < 1.29 is 44.5 Å². The average molecular weight is 428 g/mol.